The molecule has 0 aliphatic carbocycles. The first-order chi connectivity index (χ1) is 6.74. The third kappa shape index (κ3) is 3.64. The number of rotatable bonds is 4. The molecule has 14 heavy (non-hydrogen) atoms. The maximum atomic E-state index is 11.6. The van der Waals surface area contributed by atoms with E-state index in [9.17, 15) is 9.90 Å². The lowest BCUT2D eigenvalue weighted by Crippen LogP contribution is -2.40. The van der Waals surface area contributed by atoms with Gasteiger partial charge >= 0.3 is 0 Å². The van der Waals surface area contributed by atoms with Crippen LogP contribution in [0.2, 0.25) is 0 Å². The number of aliphatic hydroxyl groups is 1. The van der Waals surface area contributed by atoms with Crippen molar-refractivity contribution in [3.8, 4) is 0 Å². The summed E-state index contributed by atoms with van der Waals surface area (Å²) >= 11 is 0. The molecule has 0 atom stereocenters. The highest BCUT2D eigenvalue weighted by Crippen LogP contribution is 2.11. The molecule has 1 heterocycles. The van der Waals surface area contributed by atoms with Crippen molar-refractivity contribution in [3.63, 3.8) is 0 Å². The first-order valence-electron chi connectivity index (χ1n) is 5.19. The lowest BCUT2D eigenvalue weighted by atomic mass is 10.1. The van der Waals surface area contributed by atoms with Crippen LogP contribution < -0.4 is 0 Å². The standard InChI is InChI=1S/C10H19NO3/c1-14-8-2-3-10(13)11-6-4-9(12)5-7-11/h9,12H,2-8H2,1H3. The smallest absolute Gasteiger partial charge is 0.222 e. The van der Waals surface area contributed by atoms with Gasteiger partial charge in [0.1, 0.15) is 0 Å². The van der Waals surface area contributed by atoms with Crippen LogP contribution in [0.3, 0.4) is 0 Å². The molecule has 1 aliphatic rings. The van der Waals surface area contributed by atoms with Gasteiger partial charge in [0, 0.05) is 33.2 Å². The van der Waals surface area contributed by atoms with Crippen LogP contribution in [0.5, 0.6) is 0 Å². The summed E-state index contributed by atoms with van der Waals surface area (Å²) in [7, 11) is 1.64. The minimum Gasteiger partial charge on any atom is -0.393 e. The second-order valence-corrected chi connectivity index (χ2v) is 3.71. The summed E-state index contributed by atoms with van der Waals surface area (Å²) in [5.74, 6) is 0.189. The van der Waals surface area contributed by atoms with Gasteiger partial charge in [0.25, 0.3) is 0 Å². The van der Waals surface area contributed by atoms with Crippen molar-refractivity contribution in [2.75, 3.05) is 26.8 Å². The van der Waals surface area contributed by atoms with Crippen LogP contribution in [0, 0.1) is 0 Å². The fourth-order valence-corrected chi connectivity index (χ4v) is 1.64. The number of likely N-dealkylation sites (tertiary alicyclic amines) is 1. The summed E-state index contributed by atoms with van der Waals surface area (Å²) in [5.41, 5.74) is 0. The SMILES string of the molecule is COCCCC(=O)N1CCC(O)CC1. The van der Waals surface area contributed by atoms with Gasteiger partial charge in [-0.3, -0.25) is 4.79 Å². The molecule has 0 aromatic carbocycles. The molecule has 4 heteroatoms. The molecule has 0 saturated carbocycles. The number of carbonyl (C=O) groups is 1. The highest BCUT2D eigenvalue weighted by molar-refractivity contribution is 5.76. The van der Waals surface area contributed by atoms with E-state index in [1.165, 1.54) is 0 Å². The summed E-state index contributed by atoms with van der Waals surface area (Å²) in [4.78, 5) is 13.4. The predicted octanol–water partition coefficient (Wildman–Crippen LogP) is 0.396. The zero-order valence-electron chi connectivity index (χ0n) is 8.74. The largest absolute Gasteiger partial charge is 0.393 e. The summed E-state index contributed by atoms with van der Waals surface area (Å²) in [6.07, 6.45) is 2.57. The first kappa shape index (κ1) is 11.5. The number of methoxy groups -OCH3 is 1. The summed E-state index contributed by atoms with van der Waals surface area (Å²) < 4.78 is 4.89. The van der Waals surface area contributed by atoms with Gasteiger partial charge in [0.15, 0.2) is 0 Å². The Bertz CT molecular complexity index is 176. The van der Waals surface area contributed by atoms with E-state index in [-0.39, 0.29) is 12.0 Å². The predicted molar refractivity (Wildman–Crippen MR) is 52.9 cm³/mol. The van der Waals surface area contributed by atoms with Crippen molar-refractivity contribution < 1.29 is 14.6 Å². The molecular weight excluding hydrogens is 182 g/mol. The van der Waals surface area contributed by atoms with Crippen molar-refractivity contribution in [1.29, 1.82) is 0 Å². The molecule has 1 N–H and O–H groups in total. The Labute approximate surface area is 84.8 Å². The van der Waals surface area contributed by atoms with Gasteiger partial charge in [0.2, 0.25) is 5.91 Å². The molecular formula is C10H19NO3. The van der Waals surface area contributed by atoms with Gasteiger partial charge in [-0.15, -0.1) is 0 Å². The number of hydrogen-bond acceptors (Lipinski definition) is 3. The summed E-state index contributed by atoms with van der Waals surface area (Å²) in [6.45, 7) is 2.04. The molecule has 1 fully saturated rings. The van der Waals surface area contributed by atoms with E-state index in [0.29, 0.717) is 26.1 Å². The average molecular weight is 201 g/mol. The molecule has 1 saturated heterocycles. The second-order valence-electron chi connectivity index (χ2n) is 3.71. The van der Waals surface area contributed by atoms with Gasteiger partial charge in [-0.2, -0.15) is 0 Å². The molecule has 0 aromatic heterocycles. The Kier molecular flexibility index (Phi) is 4.90. The third-order valence-electron chi connectivity index (χ3n) is 2.56. The minimum absolute atomic E-state index is 0.189. The van der Waals surface area contributed by atoms with Crippen molar-refractivity contribution in [2.24, 2.45) is 0 Å². The van der Waals surface area contributed by atoms with Crippen LogP contribution in [0.4, 0.5) is 0 Å². The number of carbonyl (C=O) groups excluding carboxylic acids is 1. The Balaban J connectivity index is 2.17. The zero-order valence-corrected chi connectivity index (χ0v) is 8.74. The Morgan fingerprint density at radius 2 is 2.14 bits per heavy atom. The van der Waals surface area contributed by atoms with Crippen molar-refractivity contribution in [1.82, 2.24) is 4.90 Å². The van der Waals surface area contributed by atoms with Gasteiger partial charge in [0.05, 0.1) is 6.10 Å². The van der Waals surface area contributed by atoms with E-state index >= 15 is 0 Å². The zero-order chi connectivity index (χ0) is 10.4. The van der Waals surface area contributed by atoms with Crippen LogP contribution in [-0.2, 0) is 9.53 Å². The van der Waals surface area contributed by atoms with E-state index in [2.05, 4.69) is 0 Å². The second kappa shape index (κ2) is 5.98. The van der Waals surface area contributed by atoms with Crippen LogP contribution in [0.1, 0.15) is 25.7 Å². The van der Waals surface area contributed by atoms with Crippen LogP contribution in [0.15, 0.2) is 0 Å². The van der Waals surface area contributed by atoms with E-state index < -0.39 is 0 Å². The molecule has 1 amide bonds. The average Bonchev–Trinajstić information content (AvgIpc) is 2.19. The molecule has 0 spiro atoms. The lowest BCUT2D eigenvalue weighted by Gasteiger charge is -2.29. The Hall–Kier alpha value is -0.610. The quantitative estimate of drug-likeness (QED) is 0.670. The van der Waals surface area contributed by atoms with Crippen LogP contribution >= 0.6 is 0 Å². The molecule has 0 radical (unpaired) electrons. The fraction of sp³-hybridized carbons (Fsp3) is 0.900. The lowest BCUT2D eigenvalue weighted by molar-refractivity contribution is -0.133. The topological polar surface area (TPSA) is 49.8 Å². The van der Waals surface area contributed by atoms with E-state index in [1.54, 1.807) is 7.11 Å². The fourth-order valence-electron chi connectivity index (χ4n) is 1.64. The van der Waals surface area contributed by atoms with Gasteiger partial charge in [-0.05, 0) is 19.3 Å². The number of aliphatic hydroxyl groups excluding tert-OH is 1. The molecule has 0 aromatic rings. The highest BCUT2D eigenvalue weighted by atomic mass is 16.5. The maximum Gasteiger partial charge on any atom is 0.222 e. The van der Waals surface area contributed by atoms with Crippen molar-refractivity contribution >= 4 is 5.91 Å². The molecule has 0 bridgehead atoms. The van der Waals surface area contributed by atoms with E-state index in [4.69, 9.17) is 4.74 Å². The minimum atomic E-state index is -0.210. The van der Waals surface area contributed by atoms with Gasteiger partial charge in [-0.1, -0.05) is 0 Å². The van der Waals surface area contributed by atoms with Crippen molar-refractivity contribution in [3.05, 3.63) is 0 Å². The molecule has 82 valence electrons. The molecule has 1 rings (SSSR count). The van der Waals surface area contributed by atoms with Crippen LogP contribution in [0.25, 0.3) is 0 Å². The normalized spacial score (nSPS) is 18.6. The number of nitrogens with zero attached hydrogens (tertiary/aromatic N) is 1. The summed E-state index contributed by atoms with van der Waals surface area (Å²) in [6, 6.07) is 0. The highest BCUT2D eigenvalue weighted by Gasteiger charge is 2.20. The van der Waals surface area contributed by atoms with E-state index in [0.717, 1.165) is 19.3 Å². The molecule has 0 unspecified atom stereocenters. The molecule has 1 aliphatic heterocycles. The Morgan fingerprint density at radius 3 is 2.71 bits per heavy atom. The van der Waals surface area contributed by atoms with Gasteiger partial charge < -0.3 is 14.7 Å². The maximum absolute atomic E-state index is 11.6. The first-order valence-corrected chi connectivity index (χ1v) is 5.19. The number of ether oxygens (including phenoxy) is 1. The molecule has 4 nitrogen and oxygen atoms in total. The number of hydrogen-bond donors (Lipinski definition) is 1. The van der Waals surface area contributed by atoms with Crippen molar-refractivity contribution in [2.45, 2.75) is 31.8 Å². The Morgan fingerprint density at radius 1 is 1.50 bits per heavy atom. The number of amides is 1. The van der Waals surface area contributed by atoms with E-state index in [1.807, 2.05) is 4.90 Å². The monoisotopic (exact) mass is 201 g/mol. The summed E-state index contributed by atoms with van der Waals surface area (Å²) in [5, 5.41) is 9.26. The number of piperidine rings is 1. The van der Waals surface area contributed by atoms with Gasteiger partial charge in [-0.25, -0.2) is 0 Å². The van der Waals surface area contributed by atoms with Crippen LogP contribution in [-0.4, -0.2) is 48.8 Å². The third-order valence-corrected chi connectivity index (χ3v) is 2.56.